The lowest BCUT2D eigenvalue weighted by atomic mass is 9.97. The summed E-state index contributed by atoms with van der Waals surface area (Å²) in [5.74, 6) is -0.438. The molecule has 1 aromatic rings. The molecule has 2 rings (SSSR count). The Morgan fingerprint density at radius 3 is 2.85 bits per heavy atom. The summed E-state index contributed by atoms with van der Waals surface area (Å²) < 4.78 is 0. The van der Waals surface area contributed by atoms with Gasteiger partial charge in [-0.3, -0.25) is 9.59 Å². The smallest absolute Gasteiger partial charge is 0.241 e. The third-order valence-electron chi connectivity index (χ3n) is 3.48. The molecular weight excluding hydrogens is 254 g/mol. The molecule has 2 amide bonds. The van der Waals surface area contributed by atoms with E-state index in [0.29, 0.717) is 6.42 Å². The second kappa shape index (κ2) is 5.63. The van der Waals surface area contributed by atoms with Crippen LogP contribution >= 0.6 is 0 Å². The van der Waals surface area contributed by atoms with Crippen LogP contribution in [0.3, 0.4) is 0 Å². The van der Waals surface area contributed by atoms with E-state index in [1.54, 1.807) is 0 Å². The molecule has 0 bridgehead atoms. The van der Waals surface area contributed by atoms with E-state index in [2.05, 4.69) is 10.6 Å². The van der Waals surface area contributed by atoms with Crippen LogP contribution in [0, 0.1) is 0 Å². The molecule has 1 heterocycles. The largest absolute Gasteiger partial charge is 0.370 e. The number of rotatable bonds is 4. The number of para-hydroxylation sites is 1. The molecule has 0 saturated carbocycles. The number of nitrogens with two attached hydrogens (primary N) is 1. The van der Waals surface area contributed by atoms with Crippen LogP contribution in [0.4, 0.5) is 5.69 Å². The third-order valence-corrected chi connectivity index (χ3v) is 3.48. The molecule has 20 heavy (non-hydrogen) atoms. The van der Waals surface area contributed by atoms with E-state index in [9.17, 15) is 9.59 Å². The second-order valence-electron chi connectivity index (χ2n) is 5.91. The number of hydrogen-bond acceptors (Lipinski definition) is 3. The highest BCUT2D eigenvalue weighted by Gasteiger charge is 2.30. The van der Waals surface area contributed by atoms with Gasteiger partial charge < -0.3 is 16.4 Å². The molecular formula is C15H21N3O2. The van der Waals surface area contributed by atoms with Gasteiger partial charge in [0.15, 0.2) is 0 Å². The zero-order chi connectivity index (χ0) is 14.8. The highest BCUT2D eigenvalue weighted by molar-refractivity contribution is 5.96. The average Bonchev–Trinajstić information content (AvgIpc) is 2.47. The van der Waals surface area contributed by atoms with Crippen molar-refractivity contribution in [3.05, 3.63) is 29.8 Å². The van der Waals surface area contributed by atoms with Crippen molar-refractivity contribution in [3.63, 3.8) is 0 Å². The number of aryl methyl sites for hydroxylation is 1. The summed E-state index contributed by atoms with van der Waals surface area (Å²) in [6.07, 6.45) is 1.72. The molecule has 0 spiro atoms. The highest BCUT2D eigenvalue weighted by atomic mass is 16.2. The minimum absolute atomic E-state index is 0.0625. The van der Waals surface area contributed by atoms with E-state index in [1.807, 2.05) is 38.1 Å². The number of carbonyl (C=O) groups is 2. The van der Waals surface area contributed by atoms with Crippen LogP contribution in [-0.4, -0.2) is 23.4 Å². The normalized spacial score (nSPS) is 18.9. The molecule has 0 aromatic heterocycles. The van der Waals surface area contributed by atoms with Crippen molar-refractivity contribution in [3.8, 4) is 0 Å². The van der Waals surface area contributed by atoms with E-state index in [-0.39, 0.29) is 24.3 Å². The average molecular weight is 275 g/mol. The first-order chi connectivity index (χ1) is 9.37. The summed E-state index contributed by atoms with van der Waals surface area (Å²) in [4.78, 5) is 23.3. The summed E-state index contributed by atoms with van der Waals surface area (Å²) in [6.45, 7) is 3.76. The van der Waals surface area contributed by atoms with Gasteiger partial charge in [0.1, 0.15) is 0 Å². The number of hydrogen-bond donors (Lipinski definition) is 3. The molecule has 5 nitrogen and oxygen atoms in total. The molecule has 1 aliphatic heterocycles. The number of amides is 2. The van der Waals surface area contributed by atoms with Gasteiger partial charge in [-0.1, -0.05) is 18.2 Å². The van der Waals surface area contributed by atoms with Crippen molar-refractivity contribution >= 4 is 17.5 Å². The van der Waals surface area contributed by atoms with Gasteiger partial charge in [-0.2, -0.15) is 0 Å². The van der Waals surface area contributed by atoms with Gasteiger partial charge in [-0.05, 0) is 38.3 Å². The molecule has 1 atom stereocenters. The Labute approximate surface area is 118 Å². The number of carbonyl (C=O) groups excluding carboxylic acids is 2. The summed E-state index contributed by atoms with van der Waals surface area (Å²) in [7, 11) is 0. The van der Waals surface area contributed by atoms with Crippen LogP contribution in [-0.2, 0) is 16.0 Å². The number of benzene rings is 1. The maximum absolute atomic E-state index is 12.3. The first-order valence-corrected chi connectivity index (χ1v) is 6.82. The Morgan fingerprint density at radius 1 is 1.45 bits per heavy atom. The van der Waals surface area contributed by atoms with Crippen molar-refractivity contribution in [2.75, 3.05) is 5.32 Å². The number of anilines is 1. The van der Waals surface area contributed by atoms with Gasteiger partial charge >= 0.3 is 0 Å². The van der Waals surface area contributed by atoms with Crippen LogP contribution in [0.2, 0.25) is 0 Å². The lowest BCUT2D eigenvalue weighted by molar-refractivity contribution is -0.121. The SMILES string of the molecule is CC(C)(CC(N)=O)NC1CCc2ccccc2NC1=O. The van der Waals surface area contributed by atoms with Gasteiger partial charge in [0.2, 0.25) is 11.8 Å². The van der Waals surface area contributed by atoms with Gasteiger partial charge in [0, 0.05) is 17.6 Å². The topological polar surface area (TPSA) is 84.2 Å². The molecule has 0 aliphatic carbocycles. The molecule has 0 saturated heterocycles. The van der Waals surface area contributed by atoms with Gasteiger partial charge in [0.25, 0.3) is 0 Å². The zero-order valence-corrected chi connectivity index (χ0v) is 11.9. The van der Waals surface area contributed by atoms with Gasteiger partial charge in [0.05, 0.1) is 6.04 Å². The molecule has 108 valence electrons. The predicted molar refractivity (Wildman–Crippen MR) is 78.2 cm³/mol. The Hall–Kier alpha value is -1.88. The van der Waals surface area contributed by atoms with Crippen molar-refractivity contribution in [1.82, 2.24) is 5.32 Å². The van der Waals surface area contributed by atoms with Crippen LogP contribution < -0.4 is 16.4 Å². The molecule has 0 radical (unpaired) electrons. The third kappa shape index (κ3) is 3.57. The summed E-state index contributed by atoms with van der Waals surface area (Å²) in [5, 5.41) is 6.17. The monoisotopic (exact) mass is 275 g/mol. The molecule has 1 aliphatic rings. The molecule has 0 fully saturated rings. The Balaban J connectivity index is 2.08. The van der Waals surface area contributed by atoms with Crippen LogP contribution in [0.1, 0.15) is 32.3 Å². The quantitative estimate of drug-likeness (QED) is 0.771. The predicted octanol–water partition coefficient (Wildman–Crippen LogP) is 1.18. The first kappa shape index (κ1) is 14.5. The van der Waals surface area contributed by atoms with E-state index in [4.69, 9.17) is 5.73 Å². The minimum Gasteiger partial charge on any atom is -0.370 e. The Kier molecular flexibility index (Phi) is 4.09. The van der Waals surface area contributed by atoms with E-state index < -0.39 is 5.54 Å². The summed E-state index contributed by atoms with van der Waals surface area (Å²) in [6, 6.07) is 7.48. The number of nitrogens with one attached hydrogen (secondary N) is 2. The van der Waals surface area contributed by atoms with Crippen molar-refractivity contribution in [1.29, 1.82) is 0 Å². The van der Waals surface area contributed by atoms with Crippen LogP contribution in [0.15, 0.2) is 24.3 Å². The highest BCUT2D eigenvalue weighted by Crippen LogP contribution is 2.22. The standard InChI is InChI=1S/C15H21N3O2/c1-15(2,9-13(16)19)18-12-8-7-10-5-3-4-6-11(10)17-14(12)20/h3-6,12,18H,7-9H2,1-2H3,(H2,16,19)(H,17,20). The van der Waals surface area contributed by atoms with E-state index in [0.717, 1.165) is 17.7 Å². The zero-order valence-electron chi connectivity index (χ0n) is 11.9. The van der Waals surface area contributed by atoms with Gasteiger partial charge in [-0.25, -0.2) is 0 Å². The second-order valence-corrected chi connectivity index (χ2v) is 5.91. The molecule has 1 aromatic carbocycles. The van der Waals surface area contributed by atoms with Crippen LogP contribution in [0.5, 0.6) is 0 Å². The van der Waals surface area contributed by atoms with Crippen molar-refractivity contribution in [2.24, 2.45) is 5.73 Å². The van der Waals surface area contributed by atoms with E-state index in [1.165, 1.54) is 0 Å². The number of fused-ring (bicyclic) bond motifs is 1. The Morgan fingerprint density at radius 2 is 2.15 bits per heavy atom. The molecule has 5 heteroatoms. The number of primary amides is 1. The minimum atomic E-state index is -0.496. The van der Waals surface area contributed by atoms with Crippen molar-refractivity contribution < 1.29 is 9.59 Å². The lowest BCUT2D eigenvalue weighted by Crippen LogP contribution is -2.52. The lowest BCUT2D eigenvalue weighted by Gasteiger charge is -2.29. The van der Waals surface area contributed by atoms with Gasteiger partial charge in [-0.15, -0.1) is 0 Å². The molecule has 4 N–H and O–H groups in total. The first-order valence-electron chi connectivity index (χ1n) is 6.82. The maximum atomic E-state index is 12.3. The maximum Gasteiger partial charge on any atom is 0.241 e. The van der Waals surface area contributed by atoms with Crippen LogP contribution in [0.25, 0.3) is 0 Å². The fourth-order valence-corrected chi connectivity index (χ4v) is 2.61. The fraction of sp³-hybridized carbons (Fsp3) is 0.467. The summed E-state index contributed by atoms with van der Waals surface area (Å²) >= 11 is 0. The fourth-order valence-electron chi connectivity index (χ4n) is 2.61. The Bertz CT molecular complexity index is 526. The molecule has 1 unspecified atom stereocenters. The summed E-state index contributed by atoms with van der Waals surface area (Å²) in [5.41, 5.74) is 6.75. The van der Waals surface area contributed by atoms with Crippen molar-refractivity contribution in [2.45, 2.75) is 44.7 Å². The van der Waals surface area contributed by atoms with E-state index >= 15 is 0 Å².